The van der Waals surface area contributed by atoms with Gasteiger partial charge in [-0.05, 0) is 26.3 Å². The highest BCUT2D eigenvalue weighted by Gasteiger charge is 2.25. The molecule has 0 bridgehead atoms. The van der Waals surface area contributed by atoms with Gasteiger partial charge in [-0.3, -0.25) is 19.3 Å². The molecule has 1 fully saturated rings. The van der Waals surface area contributed by atoms with E-state index in [1.165, 1.54) is 4.90 Å². The number of nitrogens with zero attached hydrogens (tertiary/aromatic N) is 2. The number of carbonyl (C=O) groups is 3. The van der Waals surface area contributed by atoms with Gasteiger partial charge in [0.1, 0.15) is 0 Å². The van der Waals surface area contributed by atoms with E-state index in [4.69, 9.17) is 5.11 Å². The fourth-order valence-electron chi connectivity index (χ4n) is 2.06. The second-order valence-corrected chi connectivity index (χ2v) is 5.60. The minimum Gasteiger partial charge on any atom is -0.481 e. The molecule has 7 nitrogen and oxygen atoms in total. The summed E-state index contributed by atoms with van der Waals surface area (Å²) in [5.41, 5.74) is 0. The summed E-state index contributed by atoms with van der Waals surface area (Å²) in [5.74, 6) is -1.21. The van der Waals surface area contributed by atoms with Gasteiger partial charge in [0, 0.05) is 19.1 Å². The summed E-state index contributed by atoms with van der Waals surface area (Å²) in [6.45, 7) is 4.41. The molecular formula is C14H25N3O4. The first-order valence-electron chi connectivity index (χ1n) is 7.32. The predicted molar refractivity (Wildman–Crippen MR) is 77.8 cm³/mol. The molecule has 0 spiro atoms. The zero-order chi connectivity index (χ0) is 16.0. The van der Waals surface area contributed by atoms with Crippen LogP contribution in [0, 0.1) is 0 Å². The Bertz CT molecular complexity index is 396. The maximum atomic E-state index is 12.1. The minimum atomic E-state index is -0.884. The van der Waals surface area contributed by atoms with Crippen molar-refractivity contribution in [3.05, 3.63) is 0 Å². The van der Waals surface area contributed by atoms with Crippen LogP contribution in [-0.2, 0) is 14.4 Å². The van der Waals surface area contributed by atoms with Gasteiger partial charge in [-0.25, -0.2) is 0 Å². The van der Waals surface area contributed by atoms with Gasteiger partial charge < -0.3 is 15.3 Å². The Morgan fingerprint density at radius 2 is 1.90 bits per heavy atom. The normalized spacial score (nSPS) is 15.6. The maximum Gasteiger partial charge on any atom is 0.304 e. The van der Waals surface area contributed by atoms with E-state index in [1.807, 2.05) is 6.92 Å². The summed E-state index contributed by atoms with van der Waals surface area (Å²) in [6, 6.07) is 0.0638. The van der Waals surface area contributed by atoms with E-state index in [2.05, 4.69) is 5.32 Å². The SMILES string of the molecule is CCN(CC(=O)N(C)CC(=O)NC1CC1)C(C)CC(=O)O. The Morgan fingerprint density at radius 3 is 2.38 bits per heavy atom. The number of amides is 2. The van der Waals surface area contributed by atoms with Gasteiger partial charge in [-0.2, -0.15) is 0 Å². The molecule has 1 saturated carbocycles. The second-order valence-electron chi connectivity index (χ2n) is 5.60. The lowest BCUT2D eigenvalue weighted by atomic mass is 10.2. The van der Waals surface area contributed by atoms with Crippen molar-refractivity contribution < 1.29 is 19.5 Å². The molecule has 120 valence electrons. The van der Waals surface area contributed by atoms with Crippen LogP contribution in [0.5, 0.6) is 0 Å². The third-order valence-corrected chi connectivity index (χ3v) is 3.59. The molecule has 0 radical (unpaired) electrons. The van der Waals surface area contributed by atoms with Gasteiger partial charge >= 0.3 is 5.97 Å². The van der Waals surface area contributed by atoms with Gasteiger partial charge in [-0.15, -0.1) is 0 Å². The van der Waals surface area contributed by atoms with Crippen LogP contribution >= 0.6 is 0 Å². The van der Waals surface area contributed by atoms with E-state index >= 15 is 0 Å². The van der Waals surface area contributed by atoms with Crippen LogP contribution in [0.2, 0.25) is 0 Å². The molecule has 0 aromatic rings. The molecule has 7 heteroatoms. The number of hydrogen-bond donors (Lipinski definition) is 2. The monoisotopic (exact) mass is 299 g/mol. The highest BCUT2D eigenvalue weighted by molar-refractivity contribution is 5.85. The first kappa shape index (κ1) is 17.4. The van der Waals surface area contributed by atoms with Crippen molar-refractivity contribution in [2.75, 3.05) is 26.7 Å². The Balaban J connectivity index is 2.40. The van der Waals surface area contributed by atoms with Crippen LogP contribution in [0.15, 0.2) is 0 Å². The summed E-state index contributed by atoms with van der Waals surface area (Å²) in [4.78, 5) is 37.7. The van der Waals surface area contributed by atoms with Crippen molar-refractivity contribution in [3.8, 4) is 0 Å². The third kappa shape index (κ3) is 6.57. The zero-order valence-corrected chi connectivity index (χ0v) is 13.0. The molecule has 1 aliphatic rings. The van der Waals surface area contributed by atoms with Crippen LogP contribution < -0.4 is 5.32 Å². The average molecular weight is 299 g/mol. The van der Waals surface area contributed by atoms with Crippen LogP contribution in [0.1, 0.15) is 33.1 Å². The number of hydrogen-bond acceptors (Lipinski definition) is 4. The van der Waals surface area contributed by atoms with Gasteiger partial charge in [0.2, 0.25) is 11.8 Å². The van der Waals surface area contributed by atoms with Crippen LogP contribution in [0.25, 0.3) is 0 Å². The lowest BCUT2D eigenvalue weighted by Gasteiger charge is -2.28. The minimum absolute atomic E-state index is 0.00694. The molecule has 1 rings (SSSR count). The number of rotatable bonds is 9. The third-order valence-electron chi connectivity index (χ3n) is 3.59. The van der Waals surface area contributed by atoms with Gasteiger partial charge in [0.25, 0.3) is 0 Å². The van der Waals surface area contributed by atoms with E-state index in [0.29, 0.717) is 6.54 Å². The van der Waals surface area contributed by atoms with Crippen LogP contribution in [0.3, 0.4) is 0 Å². The van der Waals surface area contributed by atoms with Crippen molar-refractivity contribution in [2.45, 2.75) is 45.2 Å². The van der Waals surface area contributed by atoms with Crippen molar-refractivity contribution in [1.29, 1.82) is 0 Å². The highest BCUT2D eigenvalue weighted by atomic mass is 16.4. The summed E-state index contributed by atoms with van der Waals surface area (Å²) in [5, 5.41) is 11.6. The summed E-state index contributed by atoms with van der Waals surface area (Å²) in [6.07, 6.45) is 2.02. The van der Waals surface area contributed by atoms with Crippen LogP contribution in [-0.4, -0.2) is 71.5 Å². The van der Waals surface area contributed by atoms with Crippen molar-refractivity contribution in [1.82, 2.24) is 15.1 Å². The Labute approximate surface area is 125 Å². The first-order valence-corrected chi connectivity index (χ1v) is 7.32. The van der Waals surface area contributed by atoms with Crippen molar-refractivity contribution in [2.24, 2.45) is 0 Å². The van der Waals surface area contributed by atoms with Crippen molar-refractivity contribution >= 4 is 17.8 Å². The van der Waals surface area contributed by atoms with Gasteiger partial charge in [0.15, 0.2) is 0 Å². The first-order chi connectivity index (χ1) is 9.83. The molecular weight excluding hydrogens is 274 g/mol. The molecule has 0 saturated heterocycles. The zero-order valence-electron chi connectivity index (χ0n) is 13.0. The molecule has 1 unspecified atom stereocenters. The van der Waals surface area contributed by atoms with Crippen molar-refractivity contribution in [3.63, 3.8) is 0 Å². The lowest BCUT2D eigenvalue weighted by molar-refractivity contribution is -0.140. The quantitative estimate of drug-likeness (QED) is 0.621. The number of aliphatic carboxylic acids is 1. The lowest BCUT2D eigenvalue weighted by Crippen LogP contribution is -2.46. The summed E-state index contributed by atoms with van der Waals surface area (Å²) in [7, 11) is 1.59. The second kappa shape index (κ2) is 7.97. The maximum absolute atomic E-state index is 12.1. The smallest absolute Gasteiger partial charge is 0.304 e. The van der Waals surface area contributed by atoms with E-state index in [1.54, 1.807) is 18.9 Å². The molecule has 0 aromatic heterocycles. The van der Waals surface area contributed by atoms with E-state index in [0.717, 1.165) is 12.8 Å². The topological polar surface area (TPSA) is 90.0 Å². The molecule has 2 N–H and O–H groups in total. The van der Waals surface area contributed by atoms with E-state index in [-0.39, 0.29) is 43.4 Å². The molecule has 0 aromatic carbocycles. The van der Waals surface area contributed by atoms with E-state index < -0.39 is 5.97 Å². The Hall–Kier alpha value is -1.63. The molecule has 1 atom stereocenters. The number of carboxylic acid groups (broad SMARTS) is 1. The standard InChI is InChI=1S/C14H25N3O4/c1-4-17(10(2)7-14(20)21)9-13(19)16(3)8-12(18)15-11-5-6-11/h10-11H,4-9H2,1-3H3,(H,15,18)(H,20,21). The largest absolute Gasteiger partial charge is 0.481 e. The number of carboxylic acids is 1. The molecule has 0 heterocycles. The fraction of sp³-hybridized carbons (Fsp3) is 0.786. The number of carbonyl (C=O) groups excluding carboxylic acids is 2. The Morgan fingerprint density at radius 1 is 1.29 bits per heavy atom. The van der Waals surface area contributed by atoms with Gasteiger partial charge in [-0.1, -0.05) is 6.92 Å². The molecule has 1 aliphatic carbocycles. The molecule has 0 aliphatic heterocycles. The molecule has 2 amide bonds. The summed E-state index contributed by atoms with van der Waals surface area (Å²) < 4.78 is 0. The average Bonchev–Trinajstić information content (AvgIpc) is 3.17. The Kier molecular flexibility index (Phi) is 6.61. The molecule has 21 heavy (non-hydrogen) atoms. The van der Waals surface area contributed by atoms with Gasteiger partial charge in [0.05, 0.1) is 19.5 Å². The van der Waals surface area contributed by atoms with Crippen LogP contribution in [0.4, 0.5) is 0 Å². The fourth-order valence-corrected chi connectivity index (χ4v) is 2.06. The predicted octanol–water partition coefficient (Wildman–Crippen LogP) is -0.0915. The number of nitrogens with one attached hydrogen (secondary N) is 1. The summed E-state index contributed by atoms with van der Waals surface area (Å²) >= 11 is 0. The number of likely N-dealkylation sites (N-methyl/N-ethyl adjacent to an activating group) is 2. The highest BCUT2D eigenvalue weighted by Crippen LogP contribution is 2.18. The van der Waals surface area contributed by atoms with E-state index in [9.17, 15) is 14.4 Å².